The van der Waals surface area contributed by atoms with E-state index in [-0.39, 0.29) is 30.5 Å². The van der Waals surface area contributed by atoms with Crippen molar-refractivity contribution < 1.29 is 41.7 Å². The van der Waals surface area contributed by atoms with Crippen LogP contribution < -0.4 is 24.2 Å². The second kappa shape index (κ2) is 8.05. The summed E-state index contributed by atoms with van der Waals surface area (Å²) >= 11 is 0. The molecule has 108 valence electrons. The molecule has 0 heterocycles. The molecule has 2 aromatic rings. The Balaban J connectivity index is 0.000000583. The van der Waals surface area contributed by atoms with Crippen LogP contribution in [0.2, 0.25) is 0 Å². The van der Waals surface area contributed by atoms with Crippen LogP contribution in [0.3, 0.4) is 0 Å². The largest absolute Gasteiger partial charge is 1.00 e. The van der Waals surface area contributed by atoms with Gasteiger partial charge >= 0.3 is 18.9 Å². The van der Waals surface area contributed by atoms with Gasteiger partial charge in [0.05, 0.1) is 4.90 Å². The van der Waals surface area contributed by atoms with Crippen molar-refractivity contribution in [3.05, 3.63) is 36.4 Å². The van der Waals surface area contributed by atoms with Crippen LogP contribution in [0.5, 0.6) is 5.75 Å². The molecule has 0 radical (unpaired) electrons. The molecule has 0 saturated carbocycles. The molecular formula is C13H14LiNO5S. The van der Waals surface area contributed by atoms with Gasteiger partial charge in [0.1, 0.15) is 15.9 Å². The summed E-state index contributed by atoms with van der Waals surface area (Å²) in [5.74, 6) is -0.201. The Labute approximate surface area is 135 Å². The Morgan fingerprint density at radius 3 is 2.24 bits per heavy atom. The summed E-state index contributed by atoms with van der Waals surface area (Å²) < 4.78 is 32.3. The summed E-state index contributed by atoms with van der Waals surface area (Å²) in [6, 6.07) is 8.90. The van der Waals surface area contributed by atoms with Gasteiger partial charge in [-0.25, -0.2) is 8.42 Å². The monoisotopic (exact) mass is 303 g/mol. The molecule has 8 heteroatoms. The van der Waals surface area contributed by atoms with Crippen LogP contribution in [0, 0.1) is 0 Å². The summed E-state index contributed by atoms with van der Waals surface area (Å²) in [6.45, 7) is 1.47. The normalized spacial score (nSPS) is 10.0. The Hall–Kier alpha value is -1.52. The number of phenols is 1. The van der Waals surface area contributed by atoms with Crippen LogP contribution in [-0.4, -0.2) is 31.0 Å². The van der Waals surface area contributed by atoms with Gasteiger partial charge in [-0.2, -0.15) is 0 Å². The number of rotatable bonds is 1. The van der Waals surface area contributed by atoms with Gasteiger partial charge < -0.3 is 15.0 Å². The standard InChI is InChI=1S/C10H8O4S.C3H7NO.Li/c11-10-6-8(15(12,13)14)5-7-3-1-2-4-9(7)10;1-3(5)4-2;/h1-6,11H,(H,12,13,14);1-2H3,(H,4,5);/q;;+1/p-1. The molecule has 2 rings (SSSR count). The first kappa shape index (κ1) is 19.5. The van der Waals surface area contributed by atoms with Gasteiger partial charge in [-0.3, -0.25) is 4.79 Å². The summed E-state index contributed by atoms with van der Waals surface area (Å²) in [5.41, 5.74) is 0. The van der Waals surface area contributed by atoms with Crippen LogP contribution in [0.1, 0.15) is 6.92 Å². The van der Waals surface area contributed by atoms with Crippen LogP contribution in [0.4, 0.5) is 0 Å². The SMILES string of the molecule is CNC(C)=O.O=S(=O)([O-])c1cc(O)c2ccccc2c1.[Li+]. The van der Waals surface area contributed by atoms with Gasteiger partial charge in [-0.1, -0.05) is 24.3 Å². The average molecular weight is 303 g/mol. The second-order valence-corrected chi connectivity index (χ2v) is 5.30. The Morgan fingerprint density at radius 1 is 1.24 bits per heavy atom. The zero-order valence-electron chi connectivity index (χ0n) is 12.0. The first-order valence-corrected chi connectivity index (χ1v) is 7.02. The minimum absolute atomic E-state index is 0. The summed E-state index contributed by atoms with van der Waals surface area (Å²) in [6.07, 6.45) is 0. The van der Waals surface area contributed by atoms with E-state index in [2.05, 4.69) is 5.32 Å². The van der Waals surface area contributed by atoms with Crippen molar-refractivity contribution in [1.29, 1.82) is 0 Å². The molecular weight excluding hydrogens is 289 g/mol. The molecule has 0 atom stereocenters. The third kappa shape index (κ3) is 5.77. The van der Waals surface area contributed by atoms with Crippen LogP contribution >= 0.6 is 0 Å². The maximum atomic E-state index is 10.8. The maximum absolute atomic E-state index is 10.8. The van der Waals surface area contributed by atoms with Crippen molar-refractivity contribution in [2.45, 2.75) is 11.8 Å². The van der Waals surface area contributed by atoms with E-state index in [4.69, 9.17) is 0 Å². The smallest absolute Gasteiger partial charge is 0.744 e. The van der Waals surface area contributed by atoms with Crippen molar-refractivity contribution in [3.63, 3.8) is 0 Å². The summed E-state index contributed by atoms with van der Waals surface area (Å²) in [5, 5.41) is 12.9. The Morgan fingerprint density at radius 2 is 1.76 bits per heavy atom. The van der Waals surface area contributed by atoms with Gasteiger partial charge in [0, 0.05) is 19.4 Å². The third-order valence-corrected chi connectivity index (χ3v) is 3.27. The predicted octanol–water partition coefficient (Wildman–Crippen LogP) is -1.79. The van der Waals surface area contributed by atoms with Crippen molar-refractivity contribution >= 4 is 26.8 Å². The molecule has 0 unspecified atom stereocenters. The van der Waals surface area contributed by atoms with E-state index in [0.29, 0.717) is 10.8 Å². The molecule has 0 aliphatic carbocycles. The fourth-order valence-electron chi connectivity index (χ4n) is 1.41. The molecule has 6 nitrogen and oxygen atoms in total. The summed E-state index contributed by atoms with van der Waals surface area (Å²) in [4.78, 5) is 9.28. The molecule has 0 bridgehead atoms. The average Bonchev–Trinajstić information content (AvgIpc) is 2.38. The number of hydrogen-bond acceptors (Lipinski definition) is 5. The molecule has 21 heavy (non-hydrogen) atoms. The number of carbonyl (C=O) groups is 1. The molecule has 0 spiro atoms. The van der Waals surface area contributed by atoms with Gasteiger partial charge in [-0.15, -0.1) is 0 Å². The molecule has 0 aliphatic rings. The molecule has 0 aromatic heterocycles. The fourth-order valence-corrected chi connectivity index (χ4v) is 1.94. The van der Waals surface area contributed by atoms with Gasteiger partial charge in [0.2, 0.25) is 5.91 Å². The fraction of sp³-hybridized carbons (Fsp3) is 0.154. The minimum Gasteiger partial charge on any atom is -0.744 e. The quantitative estimate of drug-likeness (QED) is 0.478. The van der Waals surface area contributed by atoms with E-state index in [9.17, 15) is 22.9 Å². The molecule has 1 amide bonds. The van der Waals surface area contributed by atoms with Gasteiger partial charge in [-0.05, 0) is 17.5 Å². The first-order valence-electron chi connectivity index (χ1n) is 5.61. The number of carbonyl (C=O) groups excluding carboxylic acids is 1. The van der Waals surface area contributed by atoms with E-state index in [1.54, 1.807) is 31.3 Å². The van der Waals surface area contributed by atoms with Crippen LogP contribution in [0.25, 0.3) is 10.8 Å². The molecule has 0 aliphatic heterocycles. The van der Waals surface area contributed by atoms with Crippen LogP contribution in [0.15, 0.2) is 41.3 Å². The first-order chi connectivity index (χ1) is 9.25. The van der Waals surface area contributed by atoms with Crippen molar-refractivity contribution in [2.24, 2.45) is 0 Å². The third-order valence-electron chi connectivity index (χ3n) is 2.45. The van der Waals surface area contributed by atoms with E-state index in [1.165, 1.54) is 13.0 Å². The van der Waals surface area contributed by atoms with Crippen molar-refractivity contribution in [2.75, 3.05) is 7.05 Å². The van der Waals surface area contributed by atoms with Gasteiger partial charge in [0.15, 0.2) is 0 Å². The zero-order chi connectivity index (χ0) is 15.3. The minimum atomic E-state index is -4.53. The van der Waals surface area contributed by atoms with E-state index < -0.39 is 15.0 Å². The van der Waals surface area contributed by atoms with Gasteiger partial charge in [0.25, 0.3) is 0 Å². The zero-order valence-corrected chi connectivity index (χ0v) is 12.8. The van der Waals surface area contributed by atoms with Crippen molar-refractivity contribution in [1.82, 2.24) is 5.32 Å². The molecule has 0 fully saturated rings. The second-order valence-electron chi connectivity index (χ2n) is 3.92. The number of fused-ring (bicyclic) bond motifs is 1. The maximum Gasteiger partial charge on any atom is 1.00 e. The van der Waals surface area contributed by atoms with Crippen molar-refractivity contribution in [3.8, 4) is 5.75 Å². The molecule has 2 N–H and O–H groups in total. The number of nitrogens with one attached hydrogen (secondary N) is 1. The Kier molecular flexibility index (Phi) is 7.47. The number of aromatic hydroxyl groups is 1. The molecule has 2 aromatic carbocycles. The Bertz CT molecular complexity index is 730. The number of benzene rings is 2. The predicted molar refractivity (Wildman–Crippen MR) is 73.3 cm³/mol. The topological polar surface area (TPSA) is 107 Å². The number of amides is 1. The molecule has 0 saturated heterocycles. The van der Waals surface area contributed by atoms with E-state index >= 15 is 0 Å². The van der Waals surface area contributed by atoms with E-state index in [0.717, 1.165) is 6.07 Å². The summed E-state index contributed by atoms with van der Waals surface area (Å²) in [7, 11) is -2.93. The van der Waals surface area contributed by atoms with Crippen LogP contribution in [-0.2, 0) is 14.9 Å². The number of hydrogen-bond donors (Lipinski definition) is 2. The number of phenolic OH excluding ortho intramolecular Hbond substituents is 1. The van der Waals surface area contributed by atoms with E-state index in [1.807, 2.05) is 0 Å².